The number of likely N-dealkylation sites (tertiary alicyclic amines) is 1. The number of nitrogens with zero attached hydrogens (tertiary/aromatic N) is 1. The number of amides is 4. The highest BCUT2D eigenvalue weighted by atomic mass is 16.6. The van der Waals surface area contributed by atoms with Crippen LogP contribution in [0.1, 0.15) is 78.0 Å². The second-order valence-corrected chi connectivity index (χ2v) is 12.8. The molecule has 234 valence electrons. The molecule has 1 fully saturated rings. The van der Waals surface area contributed by atoms with Gasteiger partial charge in [0, 0.05) is 25.4 Å². The minimum absolute atomic E-state index is 0.172. The number of nitrogens with one attached hydrogen (secondary N) is 3. The van der Waals surface area contributed by atoms with Crippen molar-refractivity contribution in [3.63, 3.8) is 0 Å². The molecule has 3 rings (SSSR count). The van der Waals surface area contributed by atoms with Crippen LogP contribution in [0.4, 0.5) is 4.79 Å². The summed E-state index contributed by atoms with van der Waals surface area (Å²) in [6.07, 6.45) is 1.17. The van der Waals surface area contributed by atoms with Crippen molar-refractivity contribution >= 4 is 23.8 Å². The molecule has 2 aromatic carbocycles. The Morgan fingerprint density at radius 2 is 1.42 bits per heavy atom. The molecule has 1 aliphatic rings. The van der Waals surface area contributed by atoms with E-state index in [0.29, 0.717) is 38.8 Å². The molecule has 0 aromatic heterocycles. The minimum atomic E-state index is -0.742. The molecule has 3 atom stereocenters. The largest absolute Gasteiger partial charge is 0.444 e. The van der Waals surface area contributed by atoms with E-state index < -0.39 is 23.8 Å². The zero-order valence-electron chi connectivity index (χ0n) is 26.4. The standard InChI is InChI=1S/C34H48N4O5/c1-23(2)21-29(37-33(42)43-34(4,5)6)32(41)38-19-17-27(18-20-38)30(39)36-28(22-25-13-9-7-10-14-25)31(40)35-24(3)26-15-11-8-12-16-26/h7-16,23-24,27-29H,17-22H2,1-6H3,(H,35,40)(H,36,39)(H,37,42). The average Bonchev–Trinajstić information content (AvgIpc) is 2.96. The van der Waals surface area contributed by atoms with E-state index >= 15 is 0 Å². The third-order valence-electron chi connectivity index (χ3n) is 7.45. The fraction of sp³-hybridized carbons (Fsp3) is 0.529. The van der Waals surface area contributed by atoms with Crippen LogP contribution < -0.4 is 16.0 Å². The van der Waals surface area contributed by atoms with Crippen LogP contribution in [0.25, 0.3) is 0 Å². The number of benzene rings is 2. The maximum absolute atomic E-state index is 13.4. The molecule has 1 aliphatic heterocycles. The summed E-state index contributed by atoms with van der Waals surface area (Å²) in [5.74, 6) is -0.754. The molecular formula is C34H48N4O5. The van der Waals surface area contributed by atoms with Crippen LogP contribution in [0.5, 0.6) is 0 Å². The first-order valence-electron chi connectivity index (χ1n) is 15.3. The first-order chi connectivity index (χ1) is 20.3. The summed E-state index contributed by atoms with van der Waals surface area (Å²) in [5.41, 5.74) is 1.26. The van der Waals surface area contributed by atoms with Gasteiger partial charge in [-0.25, -0.2) is 4.79 Å². The van der Waals surface area contributed by atoms with Gasteiger partial charge in [-0.05, 0) is 64.0 Å². The van der Waals surface area contributed by atoms with Crippen LogP contribution in [0.2, 0.25) is 0 Å². The molecule has 0 spiro atoms. The van der Waals surface area contributed by atoms with Crippen molar-refractivity contribution in [2.45, 2.75) is 91.0 Å². The van der Waals surface area contributed by atoms with Gasteiger partial charge >= 0.3 is 6.09 Å². The van der Waals surface area contributed by atoms with Crippen LogP contribution in [-0.2, 0) is 25.5 Å². The van der Waals surface area contributed by atoms with E-state index in [2.05, 4.69) is 16.0 Å². The average molecular weight is 593 g/mol. The summed E-state index contributed by atoms with van der Waals surface area (Å²) >= 11 is 0. The Balaban J connectivity index is 1.62. The molecule has 0 saturated carbocycles. The van der Waals surface area contributed by atoms with Gasteiger partial charge in [0.25, 0.3) is 0 Å². The van der Waals surface area contributed by atoms with Crippen molar-refractivity contribution in [2.24, 2.45) is 11.8 Å². The second kappa shape index (κ2) is 15.5. The number of piperidine rings is 1. The van der Waals surface area contributed by atoms with Crippen molar-refractivity contribution in [3.8, 4) is 0 Å². The monoisotopic (exact) mass is 592 g/mol. The molecule has 0 bridgehead atoms. The zero-order valence-corrected chi connectivity index (χ0v) is 26.4. The number of ether oxygens (including phenoxy) is 1. The van der Waals surface area contributed by atoms with E-state index in [4.69, 9.17) is 4.74 Å². The number of rotatable bonds is 11. The fourth-order valence-corrected chi connectivity index (χ4v) is 5.21. The molecule has 9 heteroatoms. The molecular weight excluding hydrogens is 544 g/mol. The smallest absolute Gasteiger partial charge is 0.408 e. The van der Waals surface area contributed by atoms with Gasteiger partial charge in [-0.2, -0.15) is 0 Å². The Labute approximate surface area is 256 Å². The number of carbonyl (C=O) groups excluding carboxylic acids is 4. The molecule has 1 saturated heterocycles. The van der Waals surface area contributed by atoms with E-state index in [0.717, 1.165) is 11.1 Å². The van der Waals surface area contributed by atoms with Gasteiger partial charge in [0.15, 0.2) is 0 Å². The lowest BCUT2D eigenvalue weighted by molar-refractivity contribution is -0.138. The van der Waals surface area contributed by atoms with Gasteiger partial charge < -0.3 is 25.6 Å². The number of hydrogen-bond donors (Lipinski definition) is 3. The van der Waals surface area contributed by atoms with E-state index in [9.17, 15) is 19.2 Å². The van der Waals surface area contributed by atoms with E-state index in [1.165, 1.54) is 0 Å². The van der Waals surface area contributed by atoms with Gasteiger partial charge in [0.2, 0.25) is 17.7 Å². The third kappa shape index (κ3) is 11.0. The van der Waals surface area contributed by atoms with Crippen molar-refractivity contribution in [1.29, 1.82) is 0 Å². The lowest BCUT2D eigenvalue weighted by atomic mass is 9.93. The van der Waals surface area contributed by atoms with Crippen molar-refractivity contribution in [2.75, 3.05) is 13.1 Å². The molecule has 9 nitrogen and oxygen atoms in total. The summed E-state index contributed by atoms with van der Waals surface area (Å²) in [4.78, 5) is 54.4. The molecule has 1 heterocycles. The highest BCUT2D eigenvalue weighted by Gasteiger charge is 2.34. The molecule has 4 amide bonds. The molecule has 3 N–H and O–H groups in total. The molecule has 0 aliphatic carbocycles. The van der Waals surface area contributed by atoms with E-state index in [1.807, 2.05) is 81.4 Å². The van der Waals surface area contributed by atoms with Crippen LogP contribution in [0, 0.1) is 11.8 Å². The highest BCUT2D eigenvalue weighted by molar-refractivity contribution is 5.89. The van der Waals surface area contributed by atoms with Crippen molar-refractivity contribution in [3.05, 3.63) is 71.8 Å². The van der Waals surface area contributed by atoms with Gasteiger partial charge in [-0.15, -0.1) is 0 Å². The fourth-order valence-electron chi connectivity index (χ4n) is 5.21. The lowest BCUT2D eigenvalue weighted by Gasteiger charge is -2.35. The van der Waals surface area contributed by atoms with E-state index in [-0.39, 0.29) is 35.6 Å². The zero-order chi connectivity index (χ0) is 31.6. The minimum Gasteiger partial charge on any atom is -0.444 e. The maximum Gasteiger partial charge on any atom is 0.408 e. The van der Waals surface area contributed by atoms with Crippen LogP contribution >= 0.6 is 0 Å². The normalized spacial score (nSPS) is 16.1. The maximum atomic E-state index is 13.4. The molecule has 0 radical (unpaired) electrons. The van der Waals surface area contributed by atoms with Crippen LogP contribution in [0.15, 0.2) is 60.7 Å². The number of alkyl carbamates (subject to hydrolysis) is 1. The topological polar surface area (TPSA) is 117 Å². The van der Waals surface area contributed by atoms with Crippen molar-refractivity contribution in [1.82, 2.24) is 20.9 Å². The van der Waals surface area contributed by atoms with Gasteiger partial charge in [0.05, 0.1) is 6.04 Å². The summed E-state index contributed by atoms with van der Waals surface area (Å²) in [6, 6.07) is 17.7. The number of hydrogen-bond acceptors (Lipinski definition) is 5. The Kier molecular flexibility index (Phi) is 12.2. The van der Waals surface area contributed by atoms with E-state index in [1.54, 1.807) is 25.7 Å². The van der Waals surface area contributed by atoms with Crippen LogP contribution in [-0.4, -0.2) is 59.5 Å². The van der Waals surface area contributed by atoms with Crippen molar-refractivity contribution < 1.29 is 23.9 Å². The predicted molar refractivity (Wildman–Crippen MR) is 167 cm³/mol. The summed E-state index contributed by atoms with van der Waals surface area (Å²) in [5, 5.41) is 8.81. The first-order valence-corrected chi connectivity index (χ1v) is 15.3. The Morgan fingerprint density at radius 3 is 1.98 bits per heavy atom. The summed E-state index contributed by atoms with van der Waals surface area (Å²) in [6.45, 7) is 12.0. The predicted octanol–water partition coefficient (Wildman–Crippen LogP) is 4.77. The Bertz CT molecular complexity index is 1200. The number of carbonyl (C=O) groups is 4. The van der Waals surface area contributed by atoms with Gasteiger partial charge in [-0.3, -0.25) is 14.4 Å². The molecule has 2 aromatic rings. The van der Waals surface area contributed by atoms with Gasteiger partial charge in [0.1, 0.15) is 17.7 Å². The first kappa shape index (κ1) is 33.6. The third-order valence-corrected chi connectivity index (χ3v) is 7.45. The summed E-state index contributed by atoms with van der Waals surface area (Å²) < 4.78 is 5.38. The van der Waals surface area contributed by atoms with Crippen LogP contribution in [0.3, 0.4) is 0 Å². The molecule has 43 heavy (non-hydrogen) atoms. The highest BCUT2D eigenvalue weighted by Crippen LogP contribution is 2.21. The second-order valence-electron chi connectivity index (χ2n) is 12.8. The SMILES string of the molecule is CC(C)CC(NC(=O)OC(C)(C)C)C(=O)N1CCC(C(=O)NC(Cc2ccccc2)C(=O)NC(C)c2ccccc2)CC1. The lowest BCUT2D eigenvalue weighted by Crippen LogP contribution is -2.54. The summed E-state index contributed by atoms with van der Waals surface area (Å²) in [7, 11) is 0. The Morgan fingerprint density at radius 1 is 0.837 bits per heavy atom. The van der Waals surface area contributed by atoms with Gasteiger partial charge in [-0.1, -0.05) is 74.5 Å². The Hall–Kier alpha value is -3.88. The molecule has 3 unspecified atom stereocenters. The quantitative estimate of drug-likeness (QED) is 0.348.